The van der Waals surface area contributed by atoms with Crippen LogP contribution in [0, 0.1) is 0 Å². The van der Waals surface area contributed by atoms with Crippen molar-refractivity contribution in [3.05, 3.63) is 190 Å². The summed E-state index contributed by atoms with van der Waals surface area (Å²) >= 11 is 0. The zero-order chi connectivity index (χ0) is 38.8. The van der Waals surface area contributed by atoms with Gasteiger partial charge in [-0.05, 0) is 82.9 Å². The van der Waals surface area contributed by atoms with Crippen molar-refractivity contribution in [3.63, 3.8) is 0 Å². The lowest BCUT2D eigenvalue weighted by Gasteiger charge is -2.16. The number of carbonyl (C=O) groups excluding carboxylic acids is 6. The van der Waals surface area contributed by atoms with Crippen molar-refractivity contribution in [2.24, 2.45) is 0 Å². The molecule has 2 heterocycles. The molecule has 0 aliphatic carbocycles. The van der Waals surface area contributed by atoms with Crippen molar-refractivity contribution in [3.8, 4) is 34.1 Å². The summed E-state index contributed by atoms with van der Waals surface area (Å²) in [6.45, 7) is 0. The van der Waals surface area contributed by atoms with Gasteiger partial charge in [-0.1, -0.05) is 97.1 Å². The van der Waals surface area contributed by atoms with Crippen LogP contribution in [-0.2, 0) is 9.47 Å². The van der Waals surface area contributed by atoms with Crippen molar-refractivity contribution < 1.29 is 47.7 Å². The number of hydrogen-bond donors (Lipinski definition) is 0. The molecular weight excluding hydrogens is 712 g/mol. The predicted octanol–water partition coefficient (Wildman–Crippen LogP) is 9.35. The van der Waals surface area contributed by atoms with E-state index < -0.39 is 35.0 Å². The summed E-state index contributed by atoms with van der Waals surface area (Å²) in [5, 5.41) is 0. The summed E-state index contributed by atoms with van der Waals surface area (Å²) in [6, 6.07) is 36.4. The normalized spacial score (nSPS) is 13.1. The molecule has 0 unspecified atom stereocenters. The Bertz CT molecular complexity index is 2470. The van der Waals surface area contributed by atoms with Crippen LogP contribution in [0.25, 0.3) is 23.3 Å². The third kappa shape index (κ3) is 7.17. The molecule has 6 aromatic rings. The molecule has 0 radical (unpaired) electrons. The first kappa shape index (κ1) is 35.1. The summed E-state index contributed by atoms with van der Waals surface area (Å²) in [6.07, 6.45) is 6.18. The standard InChI is InChI=1S/C46H26O10/c47-37(29-7-3-1-4-8-29)21-15-27-11-17-33(18-12-27)53-39-25-31-23-35-41(39)45(51)56-46(52)42-36(44(50)55-43(35)49)24-32(31)26-40(42)54-34-19-13-28(14-20-34)16-22-38(48)30-9-5-2-6-10-30/h1-26H. The van der Waals surface area contributed by atoms with Crippen LogP contribution in [0.15, 0.2) is 146 Å². The van der Waals surface area contributed by atoms with Gasteiger partial charge >= 0.3 is 23.9 Å². The lowest BCUT2D eigenvalue weighted by Crippen LogP contribution is -2.24. The van der Waals surface area contributed by atoms with Gasteiger partial charge in [0, 0.05) is 11.1 Å². The van der Waals surface area contributed by atoms with Crippen LogP contribution in [0.1, 0.15) is 73.3 Å². The van der Waals surface area contributed by atoms with E-state index >= 15 is 0 Å². The maximum Gasteiger partial charge on any atom is 0.350 e. The average molecular weight is 739 g/mol. The molecule has 270 valence electrons. The number of carbonyl (C=O) groups is 6. The summed E-state index contributed by atoms with van der Waals surface area (Å²) in [4.78, 5) is 79.3. The number of hydrogen-bond acceptors (Lipinski definition) is 10. The Kier molecular flexibility index (Phi) is 9.27. The number of benzene rings is 6. The Morgan fingerprint density at radius 1 is 0.446 bits per heavy atom. The van der Waals surface area contributed by atoms with Crippen molar-refractivity contribution in [2.75, 3.05) is 0 Å². The molecule has 0 atom stereocenters. The molecule has 10 heteroatoms. The van der Waals surface area contributed by atoms with Crippen LogP contribution < -0.4 is 9.47 Å². The van der Waals surface area contributed by atoms with Gasteiger partial charge < -0.3 is 18.9 Å². The van der Waals surface area contributed by atoms with E-state index in [1.54, 1.807) is 109 Å². The molecule has 0 saturated heterocycles. The molecule has 0 N–H and O–H groups in total. The molecular formula is C46H26O10. The minimum atomic E-state index is -1.22. The maximum absolute atomic E-state index is 13.7. The van der Waals surface area contributed by atoms with Crippen LogP contribution in [0.4, 0.5) is 0 Å². The maximum atomic E-state index is 13.7. The number of rotatable bonds is 10. The number of fused-ring (bicyclic) bond motifs is 5. The quantitative estimate of drug-likeness (QED) is 0.0578. The van der Waals surface area contributed by atoms with E-state index in [1.165, 1.54) is 36.4 Å². The van der Waals surface area contributed by atoms with Gasteiger partial charge in [0.25, 0.3) is 0 Å². The van der Waals surface area contributed by atoms with Crippen molar-refractivity contribution in [2.45, 2.75) is 0 Å². The van der Waals surface area contributed by atoms with Crippen LogP contribution in [0.5, 0.6) is 23.0 Å². The van der Waals surface area contributed by atoms with Crippen molar-refractivity contribution in [1.82, 2.24) is 0 Å². The van der Waals surface area contributed by atoms with Crippen LogP contribution in [0.2, 0.25) is 0 Å². The first-order valence-electron chi connectivity index (χ1n) is 17.2. The van der Waals surface area contributed by atoms with E-state index in [1.807, 2.05) is 12.1 Å². The first-order chi connectivity index (χ1) is 27.2. The first-order valence-corrected chi connectivity index (χ1v) is 17.2. The highest BCUT2D eigenvalue weighted by molar-refractivity contribution is 6.18. The number of ether oxygens (including phenoxy) is 4. The fourth-order valence-electron chi connectivity index (χ4n) is 6.14. The average Bonchev–Trinajstić information content (AvgIpc) is 3.24. The zero-order valence-corrected chi connectivity index (χ0v) is 29.1. The van der Waals surface area contributed by atoms with Gasteiger partial charge in [-0.15, -0.1) is 0 Å². The monoisotopic (exact) mass is 738 g/mol. The SMILES string of the molecule is O=C(C=Cc1ccc(Oc2cc3cc4c2C(=O)OC(=O)c2c(Oc5ccc(C=CC(=O)c6ccccc6)cc5)cc-3cc2C(=O)OC4=O)cc1)c1ccccc1. The second-order valence-corrected chi connectivity index (χ2v) is 12.6. The molecule has 10 nitrogen and oxygen atoms in total. The van der Waals surface area contributed by atoms with Crippen LogP contribution in [-0.4, -0.2) is 35.4 Å². The molecule has 0 saturated carbocycles. The van der Waals surface area contributed by atoms with E-state index in [9.17, 15) is 28.8 Å². The van der Waals surface area contributed by atoms with Gasteiger partial charge in [-0.2, -0.15) is 0 Å². The third-order valence-corrected chi connectivity index (χ3v) is 8.94. The van der Waals surface area contributed by atoms with Gasteiger partial charge in [-0.25, -0.2) is 19.2 Å². The molecule has 8 rings (SSSR count). The molecule has 0 spiro atoms. The lowest BCUT2D eigenvalue weighted by atomic mass is 9.95. The third-order valence-electron chi connectivity index (χ3n) is 8.94. The Labute approximate surface area is 318 Å². The van der Waals surface area contributed by atoms with Crippen molar-refractivity contribution >= 4 is 47.6 Å². The summed E-state index contributed by atoms with van der Waals surface area (Å²) in [7, 11) is 0. The summed E-state index contributed by atoms with van der Waals surface area (Å²) in [5.41, 5.74) is 1.56. The number of cyclic esters (lactones) is 2. The predicted molar refractivity (Wildman–Crippen MR) is 204 cm³/mol. The van der Waals surface area contributed by atoms with Crippen LogP contribution >= 0.6 is 0 Å². The molecule has 6 aromatic carbocycles. The van der Waals surface area contributed by atoms with Gasteiger partial charge in [-0.3, -0.25) is 9.59 Å². The van der Waals surface area contributed by atoms with Crippen molar-refractivity contribution in [1.29, 1.82) is 0 Å². The molecule has 0 aromatic heterocycles. The fraction of sp³-hybridized carbons (Fsp3) is 0. The Hall–Kier alpha value is -7.98. The molecule has 56 heavy (non-hydrogen) atoms. The Balaban J connectivity index is 1.12. The van der Waals surface area contributed by atoms with Gasteiger partial charge in [0.15, 0.2) is 11.6 Å². The Morgan fingerprint density at radius 3 is 1.21 bits per heavy atom. The van der Waals surface area contributed by atoms with Gasteiger partial charge in [0.2, 0.25) is 0 Å². The van der Waals surface area contributed by atoms with E-state index in [0.29, 0.717) is 33.4 Å². The lowest BCUT2D eigenvalue weighted by molar-refractivity contribution is 0.0331. The second kappa shape index (κ2) is 14.8. The molecule has 4 bridgehead atoms. The minimum Gasteiger partial charge on any atom is -0.456 e. The second-order valence-electron chi connectivity index (χ2n) is 12.6. The highest BCUT2D eigenvalue weighted by atomic mass is 16.6. The zero-order valence-electron chi connectivity index (χ0n) is 29.1. The topological polar surface area (TPSA) is 139 Å². The molecule has 2 aliphatic heterocycles. The summed E-state index contributed by atoms with van der Waals surface area (Å²) < 4.78 is 22.7. The fourth-order valence-corrected chi connectivity index (χ4v) is 6.14. The highest BCUT2D eigenvalue weighted by Gasteiger charge is 2.37. The van der Waals surface area contributed by atoms with Crippen LogP contribution in [0.3, 0.4) is 0 Å². The minimum absolute atomic E-state index is 0.146. The highest BCUT2D eigenvalue weighted by Crippen LogP contribution is 2.41. The number of esters is 4. The Morgan fingerprint density at radius 2 is 0.821 bits per heavy atom. The van der Waals surface area contributed by atoms with Gasteiger partial charge in [0.1, 0.15) is 34.1 Å². The smallest absolute Gasteiger partial charge is 0.350 e. The molecule has 2 aliphatic rings. The summed E-state index contributed by atoms with van der Waals surface area (Å²) in [5.74, 6) is -4.89. The number of allylic oxidation sites excluding steroid dienone is 2. The van der Waals surface area contributed by atoms with E-state index in [4.69, 9.17) is 18.9 Å². The van der Waals surface area contributed by atoms with E-state index in [2.05, 4.69) is 0 Å². The van der Waals surface area contributed by atoms with E-state index in [0.717, 1.165) is 0 Å². The van der Waals surface area contributed by atoms with Gasteiger partial charge in [0.05, 0.1) is 11.1 Å². The largest absolute Gasteiger partial charge is 0.456 e. The molecule has 0 fully saturated rings. The van der Waals surface area contributed by atoms with E-state index in [-0.39, 0.29) is 45.7 Å². The number of ketones is 2. The molecule has 0 amide bonds.